The maximum absolute atomic E-state index is 9.53. The predicted octanol–water partition coefficient (Wildman–Crippen LogP) is 3.58. The molecule has 154 valence electrons. The van der Waals surface area contributed by atoms with E-state index in [1.54, 1.807) is 19.2 Å². The average molecular weight is 499 g/mol. The normalized spacial score (nSPS) is 11.9. The van der Waals surface area contributed by atoms with Crippen molar-refractivity contribution in [2.45, 2.75) is 26.4 Å². The minimum atomic E-state index is -0.0707. The van der Waals surface area contributed by atoms with E-state index in [-0.39, 0.29) is 35.8 Å². The second-order valence-corrected chi connectivity index (χ2v) is 6.17. The van der Waals surface area contributed by atoms with Crippen LogP contribution in [0.5, 0.6) is 17.2 Å². The van der Waals surface area contributed by atoms with Gasteiger partial charge in [0.15, 0.2) is 5.96 Å². The predicted molar refractivity (Wildman–Crippen MR) is 124 cm³/mol. The minimum absolute atomic E-state index is 0. The Bertz CT molecular complexity index is 740. The molecule has 28 heavy (non-hydrogen) atoms. The number of phenols is 1. The molecule has 0 aliphatic rings. The molecule has 0 radical (unpaired) electrons. The van der Waals surface area contributed by atoms with Crippen molar-refractivity contribution >= 4 is 29.9 Å². The zero-order valence-electron chi connectivity index (χ0n) is 16.6. The van der Waals surface area contributed by atoms with E-state index < -0.39 is 0 Å². The molecule has 1 unspecified atom stereocenters. The van der Waals surface area contributed by atoms with Crippen molar-refractivity contribution in [2.75, 3.05) is 26.7 Å². The van der Waals surface area contributed by atoms with Crippen LogP contribution in [-0.2, 0) is 6.42 Å². The van der Waals surface area contributed by atoms with Crippen LogP contribution in [0.4, 0.5) is 0 Å². The number of nitrogens with one attached hydrogen (secondary N) is 2. The molecule has 0 fully saturated rings. The van der Waals surface area contributed by atoms with Crippen molar-refractivity contribution in [3.05, 3.63) is 54.1 Å². The number of guanidine groups is 1. The summed E-state index contributed by atoms with van der Waals surface area (Å²) < 4.78 is 11.1. The smallest absolute Gasteiger partial charge is 0.191 e. The maximum atomic E-state index is 9.53. The molecular weight excluding hydrogens is 469 g/mol. The molecule has 0 saturated heterocycles. The van der Waals surface area contributed by atoms with Gasteiger partial charge in [0.2, 0.25) is 0 Å². The highest BCUT2D eigenvalue weighted by atomic mass is 127. The highest BCUT2D eigenvalue weighted by Crippen LogP contribution is 2.19. The molecule has 3 N–H and O–H groups in total. The fraction of sp³-hybridized carbons (Fsp3) is 0.381. The van der Waals surface area contributed by atoms with Gasteiger partial charge in [0.05, 0.1) is 13.7 Å². The van der Waals surface area contributed by atoms with Gasteiger partial charge in [0.1, 0.15) is 23.4 Å². The van der Waals surface area contributed by atoms with Gasteiger partial charge in [0, 0.05) is 19.2 Å². The number of hydrogen-bond donors (Lipinski definition) is 3. The first-order valence-corrected chi connectivity index (χ1v) is 9.21. The highest BCUT2D eigenvalue weighted by Gasteiger charge is 2.06. The van der Waals surface area contributed by atoms with Crippen LogP contribution in [0.15, 0.2) is 53.5 Å². The van der Waals surface area contributed by atoms with E-state index in [9.17, 15) is 5.11 Å². The third-order valence-corrected chi connectivity index (χ3v) is 3.85. The Hall–Kier alpha value is -2.16. The van der Waals surface area contributed by atoms with Crippen LogP contribution in [0, 0.1) is 0 Å². The van der Waals surface area contributed by atoms with Gasteiger partial charge in [0.25, 0.3) is 0 Å². The van der Waals surface area contributed by atoms with E-state index in [0.29, 0.717) is 6.54 Å². The lowest BCUT2D eigenvalue weighted by Crippen LogP contribution is -2.39. The topological polar surface area (TPSA) is 75.1 Å². The number of ether oxygens (including phenoxy) is 2. The van der Waals surface area contributed by atoms with Crippen LogP contribution in [0.2, 0.25) is 0 Å². The quantitative estimate of drug-likeness (QED) is 0.280. The molecule has 0 aromatic heterocycles. The Morgan fingerprint density at radius 1 is 1.11 bits per heavy atom. The first-order chi connectivity index (χ1) is 13.1. The van der Waals surface area contributed by atoms with Crippen molar-refractivity contribution in [3.63, 3.8) is 0 Å². The third kappa shape index (κ3) is 8.69. The van der Waals surface area contributed by atoms with Crippen molar-refractivity contribution in [2.24, 2.45) is 4.99 Å². The zero-order valence-corrected chi connectivity index (χ0v) is 19.0. The van der Waals surface area contributed by atoms with Crippen LogP contribution in [0.25, 0.3) is 0 Å². The molecule has 0 saturated carbocycles. The first-order valence-electron chi connectivity index (χ1n) is 9.21. The van der Waals surface area contributed by atoms with E-state index in [1.807, 2.05) is 50.2 Å². The zero-order chi connectivity index (χ0) is 19.5. The molecule has 1 atom stereocenters. The van der Waals surface area contributed by atoms with Gasteiger partial charge in [-0.15, -0.1) is 24.0 Å². The minimum Gasteiger partial charge on any atom is -0.508 e. The van der Waals surface area contributed by atoms with Crippen LogP contribution >= 0.6 is 24.0 Å². The number of halogens is 1. The summed E-state index contributed by atoms with van der Waals surface area (Å²) in [5.41, 5.74) is 1.08. The van der Waals surface area contributed by atoms with E-state index in [2.05, 4.69) is 15.6 Å². The van der Waals surface area contributed by atoms with E-state index >= 15 is 0 Å². The number of rotatable bonds is 9. The molecule has 0 amide bonds. The van der Waals surface area contributed by atoms with E-state index in [4.69, 9.17) is 9.47 Å². The van der Waals surface area contributed by atoms with Crippen molar-refractivity contribution in [1.29, 1.82) is 0 Å². The number of benzene rings is 2. The second kappa shape index (κ2) is 13.1. The van der Waals surface area contributed by atoms with Crippen LogP contribution in [0.1, 0.15) is 19.4 Å². The van der Waals surface area contributed by atoms with Gasteiger partial charge in [-0.2, -0.15) is 0 Å². The van der Waals surface area contributed by atoms with Gasteiger partial charge in [-0.05, 0) is 50.1 Å². The number of methoxy groups -OCH3 is 1. The van der Waals surface area contributed by atoms with Crippen LogP contribution < -0.4 is 20.1 Å². The second-order valence-electron chi connectivity index (χ2n) is 6.17. The average Bonchev–Trinajstić information content (AvgIpc) is 2.66. The fourth-order valence-corrected chi connectivity index (χ4v) is 2.54. The summed E-state index contributed by atoms with van der Waals surface area (Å²) in [5, 5.41) is 16.1. The lowest BCUT2D eigenvalue weighted by Gasteiger charge is -2.15. The molecule has 0 aliphatic heterocycles. The molecule has 7 heteroatoms. The Balaban J connectivity index is 0.00000392. The largest absolute Gasteiger partial charge is 0.508 e. The number of aromatic hydroxyl groups is 1. The van der Waals surface area contributed by atoms with Crippen molar-refractivity contribution in [3.8, 4) is 17.2 Å². The monoisotopic (exact) mass is 499 g/mol. The number of phenolic OH excluding ortho intramolecular Hbond substituents is 1. The highest BCUT2D eigenvalue weighted by molar-refractivity contribution is 14.0. The summed E-state index contributed by atoms with van der Waals surface area (Å²) in [7, 11) is 1.64. The van der Waals surface area contributed by atoms with Gasteiger partial charge >= 0.3 is 0 Å². The third-order valence-electron chi connectivity index (χ3n) is 3.85. The number of nitrogens with zero attached hydrogens (tertiary/aromatic N) is 1. The molecule has 0 heterocycles. The fourth-order valence-electron chi connectivity index (χ4n) is 2.54. The summed E-state index contributed by atoms with van der Waals surface area (Å²) in [4.78, 5) is 4.59. The SMILES string of the molecule is CCNC(=NCC(C)Oc1cccc(OC)c1)NCCc1cccc(O)c1.I. The molecule has 0 spiro atoms. The van der Waals surface area contributed by atoms with Crippen LogP contribution in [0.3, 0.4) is 0 Å². The Labute approximate surface area is 184 Å². The summed E-state index contributed by atoms with van der Waals surface area (Å²) in [6.07, 6.45) is 0.730. The lowest BCUT2D eigenvalue weighted by atomic mass is 10.1. The summed E-state index contributed by atoms with van der Waals surface area (Å²) in [6.45, 7) is 6.05. The maximum Gasteiger partial charge on any atom is 0.191 e. The first kappa shape index (κ1) is 23.9. The summed E-state index contributed by atoms with van der Waals surface area (Å²) in [6, 6.07) is 14.8. The Morgan fingerprint density at radius 2 is 1.86 bits per heavy atom. The van der Waals surface area contributed by atoms with Gasteiger partial charge in [-0.3, -0.25) is 0 Å². The van der Waals surface area contributed by atoms with Gasteiger partial charge in [-0.25, -0.2) is 4.99 Å². The molecular formula is C21H30IN3O3. The van der Waals surface area contributed by atoms with E-state index in [1.165, 1.54) is 0 Å². The molecule has 2 rings (SSSR count). The Kier molecular flexibility index (Phi) is 11.2. The summed E-state index contributed by atoms with van der Waals surface area (Å²) >= 11 is 0. The number of hydrogen-bond acceptors (Lipinski definition) is 4. The molecule has 2 aromatic carbocycles. The molecule has 6 nitrogen and oxygen atoms in total. The van der Waals surface area contributed by atoms with Crippen molar-refractivity contribution in [1.82, 2.24) is 10.6 Å². The lowest BCUT2D eigenvalue weighted by molar-refractivity contribution is 0.229. The number of aliphatic imine (C=N–C) groups is 1. The summed E-state index contributed by atoms with van der Waals surface area (Å²) in [5.74, 6) is 2.57. The standard InChI is InChI=1S/C21H29N3O3.HI/c1-4-22-21(23-12-11-17-7-5-8-18(25)13-17)24-15-16(2)27-20-10-6-9-19(14-20)26-3;/h5-10,13-14,16,25H,4,11-12,15H2,1-3H3,(H2,22,23,24);1H. The van der Waals surface area contributed by atoms with Gasteiger partial charge < -0.3 is 25.2 Å². The Morgan fingerprint density at radius 3 is 2.57 bits per heavy atom. The molecule has 0 aliphatic carbocycles. The van der Waals surface area contributed by atoms with Crippen LogP contribution in [-0.4, -0.2) is 43.9 Å². The molecule has 2 aromatic rings. The van der Waals surface area contributed by atoms with E-state index in [0.717, 1.165) is 42.5 Å². The van der Waals surface area contributed by atoms with Crippen molar-refractivity contribution < 1.29 is 14.6 Å². The van der Waals surface area contributed by atoms with Gasteiger partial charge in [-0.1, -0.05) is 18.2 Å². The molecule has 0 bridgehead atoms.